The molecule has 1 aliphatic heterocycles. The molecule has 1 heterocycles. The third-order valence-electron chi connectivity index (χ3n) is 4.49. The predicted octanol–water partition coefficient (Wildman–Crippen LogP) is 2.49. The molecule has 1 atom stereocenters. The number of carbonyl (C=O) groups excluding carboxylic acids is 1. The molecule has 1 spiro atoms. The molecule has 0 aromatic carbocycles. The first kappa shape index (κ1) is 17.7. The van der Waals surface area contributed by atoms with Crippen LogP contribution in [0.2, 0.25) is 0 Å². The predicted molar refractivity (Wildman–Crippen MR) is 83.1 cm³/mol. The molecular weight excluding hydrogens is 276 g/mol. The van der Waals surface area contributed by atoms with Crippen LogP contribution in [0.25, 0.3) is 0 Å². The first-order valence-electron chi connectivity index (χ1n) is 7.85. The van der Waals surface area contributed by atoms with E-state index in [0.29, 0.717) is 13.2 Å². The second-order valence-corrected chi connectivity index (χ2v) is 6.10. The van der Waals surface area contributed by atoms with Crippen molar-refractivity contribution in [1.29, 1.82) is 0 Å². The summed E-state index contributed by atoms with van der Waals surface area (Å²) in [6, 6.07) is -0.328. The summed E-state index contributed by atoms with van der Waals surface area (Å²) in [6.45, 7) is 4.20. The number of amides is 1. The van der Waals surface area contributed by atoms with Crippen molar-refractivity contribution >= 4 is 18.3 Å². The van der Waals surface area contributed by atoms with Gasteiger partial charge in [-0.1, -0.05) is 39.0 Å². The van der Waals surface area contributed by atoms with Crippen molar-refractivity contribution in [3.8, 4) is 0 Å². The fourth-order valence-electron chi connectivity index (χ4n) is 3.38. The van der Waals surface area contributed by atoms with Crippen LogP contribution in [-0.4, -0.2) is 42.1 Å². The van der Waals surface area contributed by atoms with Gasteiger partial charge >= 0.3 is 0 Å². The molecule has 118 valence electrons. The second-order valence-electron chi connectivity index (χ2n) is 6.10. The molecule has 2 aliphatic rings. The zero-order valence-corrected chi connectivity index (χ0v) is 13.4. The molecule has 1 aliphatic carbocycles. The van der Waals surface area contributed by atoms with Gasteiger partial charge in [-0.15, -0.1) is 12.4 Å². The quantitative estimate of drug-likeness (QED) is 0.871. The van der Waals surface area contributed by atoms with Gasteiger partial charge in [-0.25, -0.2) is 0 Å². The SMILES string of the molecule is CCCC(N)C(=O)N1CCOC2(CCCCCC2)C1.Cl. The maximum Gasteiger partial charge on any atom is 0.239 e. The van der Waals surface area contributed by atoms with E-state index >= 15 is 0 Å². The minimum absolute atomic E-state index is 0. The Balaban J connectivity index is 0.00000200. The van der Waals surface area contributed by atoms with Gasteiger partial charge in [0.05, 0.1) is 18.2 Å². The summed E-state index contributed by atoms with van der Waals surface area (Å²) in [5.74, 6) is 0.119. The Morgan fingerprint density at radius 1 is 1.30 bits per heavy atom. The molecule has 1 unspecified atom stereocenters. The van der Waals surface area contributed by atoms with E-state index in [9.17, 15) is 4.79 Å². The van der Waals surface area contributed by atoms with Gasteiger partial charge in [0.15, 0.2) is 0 Å². The Bertz CT molecular complexity index is 304. The number of nitrogens with two attached hydrogens (primary N) is 1. The van der Waals surface area contributed by atoms with Gasteiger partial charge in [-0.05, 0) is 19.3 Å². The summed E-state index contributed by atoms with van der Waals surface area (Å²) in [4.78, 5) is 14.3. The Kier molecular flexibility index (Phi) is 7.27. The summed E-state index contributed by atoms with van der Waals surface area (Å²) in [6.07, 6.45) is 8.99. The second kappa shape index (κ2) is 8.20. The zero-order valence-electron chi connectivity index (χ0n) is 12.6. The van der Waals surface area contributed by atoms with Crippen molar-refractivity contribution in [2.45, 2.75) is 69.9 Å². The Hall–Kier alpha value is -0.320. The molecule has 1 saturated heterocycles. The highest BCUT2D eigenvalue weighted by molar-refractivity contribution is 5.85. The number of hydrogen-bond acceptors (Lipinski definition) is 3. The van der Waals surface area contributed by atoms with Gasteiger partial charge < -0.3 is 15.4 Å². The van der Waals surface area contributed by atoms with Crippen LogP contribution < -0.4 is 5.73 Å². The smallest absolute Gasteiger partial charge is 0.239 e. The monoisotopic (exact) mass is 304 g/mol. The van der Waals surface area contributed by atoms with E-state index < -0.39 is 0 Å². The lowest BCUT2D eigenvalue weighted by Gasteiger charge is -2.43. The summed E-state index contributed by atoms with van der Waals surface area (Å²) in [5, 5.41) is 0. The van der Waals surface area contributed by atoms with Gasteiger partial charge in [0.2, 0.25) is 5.91 Å². The largest absolute Gasteiger partial charge is 0.371 e. The fraction of sp³-hybridized carbons (Fsp3) is 0.933. The van der Waals surface area contributed by atoms with E-state index in [1.807, 2.05) is 4.90 Å². The summed E-state index contributed by atoms with van der Waals surface area (Å²) >= 11 is 0. The molecule has 2 N–H and O–H groups in total. The normalized spacial score (nSPS) is 23.8. The molecule has 20 heavy (non-hydrogen) atoms. The molecule has 2 fully saturated rings. The average Bonchev–Trinajstić information content (AvgIpc) is 2.64. The third kappa shape index (κ3) is 4.34. The minimum Gasteiger partial charge on any atom is -0.371 e. The maximum atomic E-state index is 12.3. The highest BCUT2D eigenvalue weighted by Gasteiger charge is 2.39. The van der Waals surface area contributed by atoms with Crippen molar-refractivity contribution in [3.63, 3.8) is 0 Å². The molecule has 1 saturated carbocycles. The molecular formula is C15H29ClN2O2. The summed E-state index contributed by atoms with van der Waals surface area (Å²) < 4.78 is 6.07. The molecule has 0 aromatic rings. The van der Waals surface area contributed by atoms with E-state index in [1.165, 1.54) is 25.7 Å². The lowest BCUT2D eigenvalue weighted by Crippen LogP contribution is -2.56. The van der Waals surface area contributed by atoms with Crippen LogP contribution in [0.4, 0.5) is 0 Å². The van der Waals surface area contributed by atoms with E-state index in [0.717, 1.165) is 32.2 Å². The summed E-state index contributed by atoms with van der Waals surface area (Å²) in [7, 11) is 0. The summed E-state index contributed by atoms with van der Waals surface area (Å²) in [5.41, 5.74) is 5.90. The van der Waals surface area contributed by atoms with Gasteiger partial charge in [0.25, 0.3) is 0 Å². The third-order valence-corrected chi connectivity index (χ3v) is 4.49. The van der Waals surface area contributed by atoms with Crippen molar-refractivity contribution in [3.05, 3.63) is 0 Å². The van der Waals surface area contributed by atoms with Gasteiger partial charge in [-0.2, -0.15) is 0 Å². The van der Waals surface area contributed by atoms with Crippen LogP contribution in [0.1, 0.15) is 58.3 Å². The van der Waals surface area contributed by atoms with Crippen molar-refractivity contribution in [2.75, 3.05) is 19.7 Å². The molecule has 4 nitrogen and oxygen atoms in total. The van der Waals surface area contributed by atoms with Gasteiger partial charge in [0.1, 0.15) is 0 Å². The van der Waals surface area contributed by atoms with Gasteiger partial charge in [-0.3, -0.25) is 4.79 Å². The van der Waals surface area contributed by atoms with Crippen LogP contribution in [-0.2, 0) is 9.53 Å². The number of nitrogens with zero attached hydrogens (tertiary/aromatic N) is 1. The van der Waals surface area contributed by atoms with Crippen LogP contribution in [0.3, 0.4) is 0 Å². The number of carbonyl (C=O) groups is 1. The van der Waals surface area contributed by atoms with E-state index in [4.69, 9.17) is 10.5 Å². The minimum atomic E-state index is -0.328. The number of halogens is 1. The van der Waals surface area contributed by atoms with E-state index in [2.05, 4.69) is 6.92 Å². The average molecular weight is 305 g/mol. The maximum absolute atomic E-state index is 12.3. The van der Waals surface area contributed by atoms with Crippen LogP contribution in [0.5, 0.6) is 0 Å². The lowest BCUT2D eigenvalue weighted by atomic mass is 9.92. The lowest BCUT2D eigenvalue weighted by molar-refractivity contribution is -0.154. The molecule has 5 heteroatoms. The molecule has 0 bridgehead atoms. The molecule has 2 rings (SSSR count). The zero-order chi connectivity index (χ0) is 13.7. The first-order chi connectivity index (χ1) is 9.17. The highest BCUT2D eigenvalue weighted by atomic mass is 35.5. The highest BCUT2D eigenvalue weighted by Crippen LogP contribution is 2.33. The Labute approximate surface area is 128 Å². The van der Waals surface area contributed by atoms with Crippen LogP contribution in [0.15, 0.2) is 0 Å². The number of morpholine rings is 1. The number of rotatable bonds is 3. The number of hydrogen-bond donors (Lipinski definition) is 1. The molecule has 0 aromatic heterocycles. The molecule has 0 radical (unpaired) electrons. The van der Waals surface area contributed by atoms with Gasteiger partial charge in [0, 0.05) is 13.1 Å². The standard InChI is InChI=1S/C15H28N2O2.ClH/c1-2-7-13(16)14(18)17-10-11-19-15(12-17)8-5-3-4-6-9-15;/h13H,2-12,16H2,1H3;1H. The van der Waals surface area contributed by atoms with Crippen LogP contribution >= 0.6 is 12.4 Å². The van der Waals surface area contributed by atoms with E-state index in [-0.39, 0.29) is 30.0 Å². The fourth-order valence-corrected chi connectivity index (χ4v) is 3.38. The van der Waals surface area contributed by atoms with Crippen LogP contribution in [0, 0.1) is 0 Å². The Morgan fingerprint density at radius 3 is 2.55 bits per heavy atom. The topological polar surface area (TPSA) is 55.6 Å². The van der Waals surface area contributed by atoms with Crippen molar-refractivity contribution < 1.29 is 9.53 Å². The van der Waals surface area contributed by atoms with E-state index in [1.54, 1.807) is 0 Å². The van der Waals surface area contributed by atoms with Crippen molar-refractivity contribution in [1.82, 2.24) is 4.90 Å². The van der Waals surface area contributed by atoms with Crippen molar-refractivity contribution in [2.24, 2.45) is 5.73 Å². The number of ether oxygens (including phenoxy) is 1. The Morgan fingerprint density at radius 2 is 1.95 bits per heavy atom. The molecule has 1 amide bonds. The first-order valence-corrected chi connectivity index (χ1v) is 7.85.